The Bertz CT molecular complexity index is 985. The highest BCUT2D eigenvalue weighted by molar-refractivity contribution is 6.33. The lowest BCUT2D eigenvalue weighted by molar-refractivity contribution is -0.134. The van der Waals surface area contributed by atoms with E-state index < -0.39 is 11.9 Å². The minimum absolute atomic E-state index is 0.214. The maximum atomic E-state index is 9.55. The van der Waals surface area contributed by atoms with Crippen LogP contribution in [0.4, 0.5) is 11.4 Å². The summed E-state index contributed by atoms with van der Waals surface area (Å²) in [6.07, 6.45) is 3.48. The third-order valence-corrected chi connectivity index (χ3v) is 6.29. The van der Waals surface area contributed by atoms with E-state index in [1.807, 2.05) is 24.3 Å². The van der Waals surface area contributed by atoms with E-state index in [0.717, 1.165) is 35.4 Å². The maximum Gasteiger partial charge on any atom is 0.328 e. The van der Waals surface area contributed by atoms with E-state index >= 15 is 0 Å². The van der Waals surface area contributed by atoms with Gasteiger partial charge >= 0.3 is 11.9 Å². The van der Waals surface area contributed by atoms with Gasteiger partial charge < -0.3 is 20.0 Å². The van der Waals surface area contributed by atoms with Crippen LogP contribution in [0, 0.1) is 0 Å². The smallest absolute Gasteiger partial charge is 0.328 e. The normalized spacial score (nSPS) is 17.3. The molecule has 2 aromatic rings. The summed E-state index contributed by atoms with van der Waals surface area (Å²) in [7, 11) is 2.20. The topological polar surface area (TPSA) is 81.1 Å². The fourth-order valence-corrected chi connectivity index (χ4v) is 4.56. The Kier molecular flexibility index (Phi) is 7.26. The average molecular weight is 463 g/mol. The van der Waals surface area contributed by atoms with Gasteiger partial charge in [0.05, 0.1) is 10.7 Å². The molecule has 2 aliphatic heterocycles. The zero-order chi connectivity index (χ0) is 22.6. The van der Waals surface area contributed by atoms with E-state index in [0.29, 0.717) is 12.2 Å². The van der Waals surface area contributed by atoms with Gasteiger partial charge in [-0.3, -0.25) is 0 Å². The molecular weight excluding hydrogens is 439 g/mol. The Balaban J connectivity index is 0.000000293. The van der Waals surface area contributed by atoms with E-state index in [1.54, 1.807) is 0 Å². The van der Waals surface area contributed by atoms with Crippen LogP contribution in [-0.4, -0.2) is 53.7 Å². The number of para-hydroxylation sites is 1. The fourth-order valence-electron chi connectivity index (χ4n) is 4.15. The first-order valence-electron chi connectivity index (χ1n) is 9.86. The van der Waals surface area contributed by atoms with Gasteiger partial charge in [-0.05, 0) is 62.8 Å². The number of halogens is 2. The largest absolute Gasteiger partial charge is 0.478 e. The second-order valence-corrected chi connectivity index (χ2v) is 8.64. The number of carboxylic acid groups (broad SMARTS) is 2. The van der Waals surface area contributed by atoms with E-state index in [4.69, 9.17) is 33.4 Å². The predicted molar refractivity (Wildman–Crippen MR) is 123 cm³/mol. The molecule has 0 saturated carbocycles. The van der Waals surface area contributed by atoms with Gasteiger partial charge in [-0.2, -0.15) is 0 Å². The Morgan fingerprint density at radius 1 is 0.968 bits per heavy atom. The van der Waals surface area contributed by atoms with Crippen LogP contribution in [0.3, 0.4) is 0 Å². The quantitative estimate of drug-likeness (QED) is 0.636. The summed E-state index contributed by atoms with van der Waals surface area (Å²) in [5, 5.41) is 17.2. The highest BCUT2D eigenvalue weighted by Gasteiger charge is 2.44. The summed E-state index contributed by atoms with van der Waals surface area (Å²) in [5.74, 6) is -2.51. The monoisotopic (exact) mass is 462 g/mol. The van der Waals surface area contributed by atoms with Gasteiger partial charge in [0.15, 0.2) is 0 Å². The molecule has 0 aromatic heterocycles. The molecule has 8 heteroatoms. The zero-order valence-corrected chi connectivity index (χ0v) is 18.6. The number of piperidine rings is 1. The van der Waals surface area contributed by atoms with Gasteiger partial charge in [-0.15, -0.1) is 0 Å². The molecule has 4 rings (SSSR count). The molecular formula is C23H24Cl2N2O4. The molecule has 0 bridgehead atoms. The summed E-state index contributed by atoms with van der Waals surface area (Å²) in [4.78, 5) is 23.9. The number of anilines is 2. The number of hydrogen-bond acceptors (Lipinski definition) is 4. The van der Waals surface area contributed by atoms with Crippen molar-refractivity contribution in [3.05, 3.63) is 70.2 Å². The number of carbonyl (C=O) groups is 2. The number of nitrogens with zero attached hydrogens (tertiary/aromatic N) is 2. The standard InChI is InChI=1S/C19H20Cl2N2.C4H4O4/c1-22-10-8-19(9-11-22)13-23(17-5-3-2-4-16(17)21)18-12-14(20)6-7-15(18)19;5-3(6)1-2-4(7)8/h2-7,12H,8-11,13H2,1H3;1-2H,(H,5,6)(H,7,8)/b;2-1-. The first-order valence-corrected chi connectivity index (χ1v) is 10.6. The van der Waals surface area contributed by atoms with Gasteiger partial charge in [0.2, 0.25) is 0 Å². The predicted octanol–water partition coefficient (Wildman–Crippen LogP) is 4.82. The molecule has 2 N–H and O–H groups in total. The summed E-state index contributed by atoms with van der Waals surface area (Å²) in [6.45, 7) is 3.26. The molecule has 1 spiro atoms. The average Bonchev–Trinajstić information content (AvgIpc) is 3.03. The van der Waals surface area contributed by atoms with E-state index in [-0.39, 0.29) is 5.41 Å². The van der Waals surface area contributed by atoms with Crippen LogP contribution in [0.15, 0.2) is 54.6 Å². The molecule has 6 nitrogen and oxygen atoms in total. The maximum absolute atomic E-state index is 9.55. The second-order valence-electron chi connectivity index (χ2n) is 7.79. The highest BCUT2D eigenvalue weighted by atomic mass is 35.5. The number of carboxylic acids is 2. The van der Waals surface area contributed by atoms with Crippen molar-refractivity contribution < 1.29 is 19.8 Å². The van der Waals surface area contributed by atoms with Crippen LogP contribution in [0.5, 0.6) is 0 Å². The Morgan fingerprint density at radius 2 is 1.58 bits per heavy atom. The van der Waals surface area contributed by atoms with Crippen molar-refractivity contribution in [3.8, 4) is 0 Å². The Morgan fingerprint density at radius 3 is 2.16 bits per heavy atom. The molecule has 2 aliphatic rings. The number of benzene rings is 2. The number of fused-ring (bicyclic) bond motifs is 2. The first kappa shape index (κ1) is 23.1. The molecule has 2 heterocycles. The van der Waals surface area contributed by atoms with Gasteiger partial charge in [0.25, 0.3) is 0 Å². The Hall–Kier alpha value is -2.54. The summed E-state index contributed by atoms with van der Waals surface area (Å²) in [6, 6.07) is 14.4. The molecule has 0 atom stereocenters. The van der Waals surface area contributed by atoms with Crippen molar-refractivity contribution >= 4 is 46.5 Å². The van der Waals surface area contributed by atoms with Crippen molar-refractivity contribution in [1.82, 2.24) is 4.90 Å². The van der Waals surface area contributed by atoms with Crippen LogP contribution in [0.2, 0.25) is 10.0 Å². The number of hydrogen-bond donors (Lipinski definition) is 2. The molecule has 0 aliphatic carbocycles. The number of aliphatic carboxylic acids is 2. The van der Waals surface area contributed by atoms with Crippen molar-refractivity contribution in [1.29, 1.82) is 0 Å². The molecule has 31 heavy (non-hydrogen) atoms. The summed E-state index contributed by atoms with van der Waals surface area (Å²) in [5.41, 5.74) is 3.93. The van der Waals surface area contributed by atoms with Crippen molar-refractivity contribution in [2.24, 2.45) is 0 Å². The van der Waals surface area contributed by atoms with Crippen molar-refractivity contribution in [2.75, 3.05) is 31.6 Å². The lowest BCUT2D eigenvalue weighted by Crippen LogP contribution is -2.43. The van der Waals surface area contributed by atoms with Gasteiger partial charge in [0, 0.05) is 34.8 Å². The fraction of sp³-hybridized carbons (Fsp3) is 0.304. The zero-order valence-electron chi connectivity index (χ0n) is 17.1. The van der Waals surface area contributed by atoms with E-state index in [2.05, 4.69) is 35.0 Å². The molecule has 0 unspecified atom stereocenters. The van der Waals surface area contributed by atoms with E-state index in [1.165, 1.54) is 24.1 Å². The van der Waals surface area contributed by atoms with Crippen LogP contribution in [0.1, 0.15) is 18.4 Å². The first-order chi connectivity index (χ1) is 14.7. The third-order valence-electron chi connectivity index (χ3n) is 5.74. The van der Waals surface area contributed by atoms with Crippen molar-refractivity contribution in [3.63, 3.8) is 0 Å². The Labute approximate surface area is 191 Å². The van der Waals surface area contributed by atoms with Crippen molar-refractivity contribution in [2.45, 2.75) is 18.3 Å². The molecule has 2 aromatic carbocycles. The number of rotatable bonds is 3. The summed E-state index contributed by atoms with van der Waals surface area (Å²) < 4.78 is 0. The van der Waals surface area contributed by atoms with Crippen LogP contribution in [0.25, 0.3) is 0 Å². The number of likely N-dealkylation sites (tertiary alicyclic amines) is 1. The van der Waals surface area contributed by atoms with Gasteiger partial charge in [0.1, 0.15) is 0 Å². The minimum atomic E-state index is -1.26. The molecule has 164 valence electrons. The van der Waals surface area contributed by atoms with Gasteiger partial charge in [-0.1, -0.05) is 41.4 Å². The van der Waals surface area contributed by atoms with E-state index in [9.17, 15) is 9.59 Å². The highest BCUT2D eigenvalue weighted by Crippen LogP contribution is 2.51. The molecule has 1 saturated heterocycles. The minimum Gasteiger partial charge on any atom is -0.478 e. The lowest BCUT2D eigenvalue weighted by atomic mass is 9.74. The van der Waals surface area contributed by atoms with Crippen LogP contribution >= 0.6 is 23.2 Å². The lowest BCUT2D eigenvalue weighted by Gasteiger charge is -2.38. The third kappa shape index (κ3) is 5.39. The molecule has 1 fully saturated rings. The summed E-state index contributed by atoms with van der Waals surface area (Å²) >= 11 is 12.8. The van der Waals surface area contributed by atoms with Crippen LogP contribution < -0.4 is 4.90 Å². The van der Waals surface area contributed by atoms with Gasteiger partial charge in [-0.25, -0.2) is 9.59 Å². The molecule has 0 radical (unpaired) electrons. The van der Waals surface area contributed by atoms with Crippen LogP contribution in [-0.2, 0) is 15.0 Å². The SMILES string of the molecule is CN1CCC2(CC1)CN(c1ccccc1Cl)c1cc(Cl)ccc12.O=C(O)/C=C\C(=O)O. The molecule has 0 amide bonds. The second kappa shape index (κ2) is 9.73.